The summed E-state index contributed by atoms with van der Waals surface area (Å²) in [5, 5.41) is 14.6. The summed E-state index contributed by atoms with van der Waals surface area (Å²) >= 11 is 0. The molecule has 0 heterocycles. The smallest absolute Gasteiger partial charge is 0.319 e. The fourth-order valence-corrected chi connectivity index (χ4v) is 2.75. The number of amides is 2. The van der Waals surface area contributed by atoms with Crippen LogP contribution in [0.5, 0.6) is 0 Å². The van der Waals surface area contributed by atoms with Crippen LogP contribution >= 0.6 is 0 Å². The zero-order valence-electron chi connectivity index (χ0n) is 12.5. The summed E-state index contributed by atoms with van der Waals surface area (Å²) in [7, 11) is 0. The summed E-state index contributed by atoms with van der Waals surface area (Å²) in [6.07, 6.45) is 3.03. The number of rotatable bonds is 4. The number of hydrogen-bond acceptors (Lipinski definition) is 3. The van der Waals surface area contributed by atoms with Crippen molar-refractivity contribution in [2.24, 2.45) is 5.92 Å². The molecule has 0 aliphatic heterocycles. The van der Waals surface area contributed by atoms with Gasteiger partial charge in [-0.2, -0.15) is 0 Å². The van der Waals surface area contributed by atoms with Crippen molar-refractivity contribution < 1.29 is 19.5 Å². The van der Waals surface area contributed by atoms with E-state index in [4.69, 9.17) is 0 Å². The molecule has 1 aliphatic carbocycles. The second kappa shape index (κ2) is 7.06. The molecule has 0 radical (unpaired) electrons. The van der Waals surface area contributed by atoms with Crippen LogP contribution in [-0.2, 0) is 4.79 Å². The van der Waals surface area contributed by atoms with E-state index in [9.17, 15) is 19.5 Å². The summed E-state index contributed by atoms with van der Waals surface area (Å²) in [5.41, 5.74) is 1.02. The lowest BCUT2D eigenvalue weighted by atomic mass is 9.84. The van der Waals surface area contributed by atoms with Crippen LogP contribution in [0, 0.1) is 5.92 Å². The molecule has 6 nitrogen and oxygen atoms in total. The maximum atomic E-state index is 12.0. The Morgan fingerprint density at radius 3 is 2.59 bits per heavy atom. The lowest BCUT2D eigenvalue weighted by Gasteiger charge is -2.29. The minimum atomic E-state index is -0.872. The molecule has 1 aliphatic rings. The van der Waals surface area contributed by atoms with Crippen LogP contribution in [0.15, 0.2) is 24.3 Å². The summed E-state index contributed by atoms with van der Waals surface area (Å²) in [5.74, 6) is -1.49. The van der Waals surface area contributed by atoms with Gasteiger partial charge in [0.05, 0.1) is 5.92 Å². The second-order valence-electron chi connectivity index (χ2n) is 5.57. The monoisotopic (exact) mass is 304 g/mol. The largest absolute Gasteiger partial charge is 0.481 e. The zero-order chi connectivity index (χ0) is 16.1. The number of carboxylic acids is 1. The van der Waals surface area contributed by atoms with Gasteiger partial charge in [0, 0.05) is 17.3 Å². The van der Waals surface area contributed by atoms with Crippen LogP contribution in [0.1, 0.15) is 43.0 Å². The molecular formula is C16H20N2O4. The van der Waals surface area contributed by atoms with Gasteiger partial charge in [-0.15, -0.1) is 0 Å². The molecule has 0 bridgehead atoms. The second-order valence-corrected chi connectivity index (χ2v) is 5.57. The first-order valence-corrected chi connectivity index (χ1v) is 7.38. The molecular weight excluding hydrogens is 284 g/mol. The molecule has 2 rings (SSSR count). The predicted molar refractivity (Wildman–Crippen MR) is 82.0 cm³/mol. The van der Waals surface area contributed by atoms with Gasteiger partial charge in [-0.1, -0.05) is 25.0 Å². The molecule has 118 valence electrons. The van der Waals surface area contributed by atoms with Crippen LogP contribution in [0.4, 0.5) is 10.5 Å². The van der Waals surface area contributed by atoms with E-state index in [0.717, 1.165) is 12.8 Å². The van der Waals surface area contributed by atoms with Crippen LogP contribution < -0.4 is 10.6 Å². The molecule has 2 amide bonds. The van der Waals surface area contributed by atoms with Gasteiger partial charge in [0.2, 0.25) is 0 Å². The van der Waals surface area contributed by atoms with Crippen molar-refractivity contribution in [3.8, 4) is 0 Å². The third-order valence-corrected chi connectivity index (χ3v) is 3.93. The third-order valence-electron chi connectivity index (χ3n) is 3.93. The van der Waals surface area contributed by atoms with Crippen molar-refractivity contribution in [1.82, 2.24) is 5.32 Å². The minimum absolute atomic E-state index is 0.0812. The highest BCUT2D eigenvalue weighted by Crippen LogP contribution is 2.24. The number of hydrogen-bond donors (Lipinski definition) is 3. The summed E-state index contributed by atoms with van der Waals surface area (Å²) in [4.78, 5) is 34.6. The fourth-order valence-electron chi connectivity index (χ4n) is 2.75. The molecule has 2 atom stereocenters. The molecule has 22 heavy (non-hydrogen) atoms. The Labute approximate surface area is 128 Å². The van der Waals surface area contributed by atoms with E-state index in [1.807, 2.05) is 0 Å². The van der Waals surface area contributed by atoms with E-state index in [1.54, 1.807) is 24.3 Å². The van der Waals surface area contributed by atoms with E-state index >= 15 is 0 Å². The lowest BCUT2D eigenvalue weighted by Crippen LogP contribution is -2.46. The van der Waals surface area contributed by atoms with Gasteiger partial charge in [-0.05, 0) is 31.9 Å². The highest BCUT2D eigenvalue weighted by Gasteiger charge is 2.31. The van der Waals surface area contributed by atoms with Crippen molar-refractivity contribution >= 4 is 23.5 Å². The Morgan fingerprint density at radius 1 is 1.18 bits per heavy atom. The van der Waals surface area contributed by atoms with Crippen molar-refractivity contribution in [1.29, 1.82) is 0 Å². The maximum Gasteiger partial charge on any atom is 0.319 e. The van der Waals surface area contributed by atoms with E-state index in [2.05, 4.69) is 10.6 Å². The molecule has 0 spiro atoms. The van der Waals surface area contributed by atoms with Crippen LogP contribution in [-0.4, -0.2) is 28.9 Å². The predicted octanol–water partition coefficient (Wildman–Crippen LogP) is 2.65. The van der Waals surface area contributed by atoms with E-state index in [-0.39, 0.29) is 11.8 Å². The number of benzene rings is 1. The van der Waals surface area contributed by atoms with Crippen molar-refractivity contribution in [2.75, 3.05) is 5.32 Å². The molecule has 1 fully saturated rings. The Hall–Kier alpha value is -2.37. The highest BCUT2D eigenvalue weighted by atomic mass is 16.4. The van der Waals surface area contributed by atoms with Gasteiger partial charge in [-0.3, -0.25) is 9.59 Å². The average molecular weight is 304 g/mol. The number of anilines is 1. The normalized spacial score (nSPS) is 21.0. The first-order valence-electron chi connectivity index (χ1n) is 7.38. The average Bonchev–Trinajstić information content (AvgIpc) is 2.47. The molecule has 0 saturated heterocycles. The first kappa shape index (κ1) is 16.0. The topological polar surface area (TPSA) is 95.5 Å². The lowest BCUT2D eigenvalue weighted by molar-refractivity contribution is -0.143. The first-order chi connectivity index (χ1) is 10.5. The zero-order valence-corrected chi connectivity index (χ0v) is 12.5. The number of nitrogens with one attached hydrogen (secondary N) is 2. The van der Waals surface area contributed by atoms with E-state index < -0.39 is 17.9 Å². The van der Waals surface area contributed by atoms with Gasteiger partial charge in [0.25, 0.3) is 0 Å². The number of ketones is 1. The Morgan fingerprint density at radius 2 is 1.91 bits per heavy atom. The van der Waals surface area contributed by atoms with Gasteiger partial charge >= 0.3 is 12.0 Å². The van der Waals surface area contributed by atoms with Crippen LogP contribution in [0.3, 0.4) is 0 Å². The molecule has 6 heteroatoms. The fraction of sp³-hybridized carbons (Fsp3) is 0.438. The number of urea groups is 1. The number of carboxylic acid groups (broad SMARTS) is 1. The molecule has 1 saturated carbocycles. The Bertz CT molecular complexity index is 585. The number of Topliss-reactive ketones (excluding diaryl/α,β-unsaturated/α-hetero) is 1. The quantitative estimate of drug-likeness (QED) is 0.745. The number of carbonyl (C=O) groups is 3. The molecule has 0 aromatic heterocycles. The van der Waals surface area contributed by atoms with Crippen molar-refractivity contribution in [3.63, 3.8) is 0 Å². The maximum absolute atomic E-state index is 12.0. The van der Waals surface area contributed by atoms with Gasteiger partial charge in [-0.25, -0.2) is 4.79 Å². The highest BCUT2D eigenvalue weighted by molar-refractivity contribution is 5.96. The van der Waals surface area contributed by atoms with E-state index in [0.29, 0.717) is 24.1 Å². The van der Waals surface area contributed by atoms with Gasteiger partial charge in [0.15, 0.2) is 5.78 Å². The number of carbonyl (C=O) groups excluding carboxylic acids is 2. The molecule has 3 N–H and O–H groups in total. The SMILES string of the molecule is CC(=O)c1cccc(NC(=O)N[C@@H]2CCCC[C@H]2C(=O)O)c1. The minimum Gasteiger partial charge on any atom is -0.481 e. The van der Waals surface area contributed by atoms with Crippen molar-refractivity contribution in [2.45, 2.75) is 38.6 Å². The molecule has 1 aromatic rings. The van der Waals surface area contributed by atoms with Crippen LogP contribution in [0.25, 0.3) is 0 Å². The standard InChI is InChI=1S/C16H20N2O4/c1-10(19)11-5-4-6-12(9-11)17-16(22)18-14-8-3-2-7-13(14)15(20)21/h4-6,9,13-14H,2-3,7-8H2,1H3,(H,20,21)(H2,17,18,22)/t13-,14-/m1/s1. The van der Waals surface area contributed by atoms with Crippen LogP contribution in [0.2, 0.25) is 0 Å². The molecule has 0 unspecified atom stereocenters. The summed E-state index contributed by atoms with van der Waals surface area (Å²) < 4.78 is 0. The number of aliphatic carboxylic acids is 1. The van der Waals surface area contributed by atoms with Gasteiger partial charge in [0.1, 0.15) is 0 Å². The van der Waals surface area contributed by atoms with E-state index in [1.165, 1.54) is 6.92 Å². The molecule has 1 aromatic carbocycles. The Kier molecular flexibility index (Phi) is 5.14. The third kappa shape index (κ3) is 4.07. The van der Waals surface area contributed by atoms with Crippen molar-refractivity contribution in [3.05, 3.63) is 29.8 Å². The summed E-state index contributed by atoms with van der Waals surface area (Å²) in [6, 6.07) is 5.83. The summed E-state index contributed by atoms with van der Waals surface area (Å²) in [6.45, 7) is 1.46. The Balaban J connectivity index is 1.98. The van der Waals surface area contributed by atoms with Gasteiger partial charge < -0.3 is 15.7 Å².